The van der Waals surface area contributed by atoms with Gasteiger partial charge in [0.05, 0.1) is 5.69 Å². The molecule has 0 aromatic carbocycles. The summed E-state index contributed by atoms with van der Waals surface area (Å²) in [6, 6.07) is 0. The van der Waals surface area contributed by atoms with Crippen LogP contribution >= 0.6 is 11.3 Å². The molecule has 6 heteroatoms. The van der Waals surface area contributed by atoms with Gasteiger partial charge in [-0.1, -0.05) is 31.6 Å². The molecule has 0 bridgehead atoms. The van der Waals surface area contributed by atoms with E-state index < -0.39 is 0 Å². The number of amides is 1. The SMILES string of the molecule is CCCc1nc(N2CCC(C)CC2)sc1C(=O)NN. The Morgan fingerprint density at radius 2 is 2.21 bits per heavy atom. The number of piperidine rings is 1. The van der Waals surface area contributed by atoms with E-state index in [9.17, 15) is 4.79 Å². The standard InChI is InChI=1S/C13H22N4OS/c1-3-4-10-11(12(18)16-14)19-13(15-10)17-7-5-9(2)6-8-17/h9H,3-8,14H2,1-2H3,(H,16,18). The number of rotatable bonds is 4. The Labute approximate surface area is 118 Å². The highest BCUT2D eigenvalue weighted by Gasteiger charge is 2.22. The third-order valence-electron chi connectivity index (χ3n) is 3.56. The van der Waals surface area contributed by atoms with E-state index in [1.165, 1.54) is 24.2 Å². The molecule has 1 saturated heterocycles. The Morgan fingerprint density at radius 1 is 1.53 bits per heavy atom. The summed E-state index contributed by atoms with van der Waals surface area (Å²) in [5.74, 6) is 5.81. The van der Waals surface area contributed by atoms with Crippen LogP contribution in [0.2, 0.25) is 0 Å². The molecule has 1 aliphatic heterocycles. The zero-order chi connectivity index (χ0) is 13.8. The van der Waals surface area contributed by atoms with Gasteiger partial charge in [-0.15, -0.1) is 0 Å². The van der Waals surface area contributed by atoms with Gasteiger partial charge in [0.1, 0.15) is 4.88 Å². The Morgan fingerprint density at radius 3 is 2.79 bits per heavy atom. The molecule has 19 heavy (non-hydrogen) atoms. The van der Waals surface area contributed by atoms with Crippen molar-refractivity contribution >= 4 is 22.4 Å². The molecule has 0 atom stereocenters. The number of nitrogens with one attached hydrogen (secondary N) is 1. The van der Waals surface area contributed by atoms with E-state index in [0.29, 0.717) is 4.88 Å². The van der Waals surface area contributed by atoms with Crippen LogP contribution in [0.3, 0.4) is 0 Å². The molecule has 1 aromatic heterocycles. The average Bonchev–Trinajstić information content (AvgIpc) is 2.83. The number of aromatic nitrogens is 1. The number of hydrogen-bond acceptors (Lipinski definition) is 5. The predicted octanol–water partition coefficient (Wildman–Crippen LogP) is 1.94. The van der Waals surface area contributed by atoms with Crippen LogP contribution in [0.15, 0.2) is 0 Å². The second-order valence-electron chi connectivity index (χ2n) is 5.17. The van der Waals surface area contributed by atoms with Crippen molar-refractivity contribution in [1.82, 2.24) is 10.4 Å². The van der Waals surface area contributed by atoms with Crippen molar-refractivity contribution < 1.29 is 4.79 Å². The first-order valence-electron chi connectivity index (χ1n) is 6.91. The van der Waals surface area contributed by atoms with Gasteiger partial charge < -0.3 is 4.90 Å². The highest BCUT2D eigenvalue weighted by molar-refractivity contribution is 7.17. The summed E-state index contributed by atoms with van der Waals surface area (Å²) in [6.07, 6.45) is 4.19. The molecule has 5 nitrogen and oxygen atoms in total. The van der Waals surface area contributed by atoms with Gasteiger partial charge in [0.15, 0.2) is 5.13 Å². The van der Waals surface area contributed by atoms with Crippen LogP contribution in [-0.4, -0.2) is 24.0 Å². The molecule has 2 heterocycles. The number of hydrogen-bond donors (Lipinski definition) is 2. The van der Waals surface area contributed by atoms with Crippen molar-refractivity contribution in [2.45, 2.75) is 39.5 Å². The Balaban J connectivity index is 2.19. The topological polar surface area (TPSA) is 71.2 Å². The molecule has 0 spiro atoms. The molecule has 1 fully saturated rings. The monoisotopic (exact) mass is 282 g/mol. The Kier molecular flexibility index (Phi) is 4.76. The van der Waals surface area contributed by atoms with Gasteiger partial charge in [0.2, 0.25) is 0 Å². The van der Waals surface area contributed by atoms with E-state index in [1.54, 1.807) is 0 Å². The molecule has 0 unspecified atom stereocenters. The third kappa shape index (κ3) is 3.25. The number of carbonyl (C=O) groups excluding carboxylic acids is 1. The van der Waals surface area contributed by atoms with Gasteiger partial charge >= 0.3 is 0 Å². The van der Waals surface area contributed by atoms with E-state index in [0.717, 1.165) is 42.7 Å². The number of aryl methyl sites for hydroxylation is 1. The second-order valence-corrected chi connectivity index (χ2v) is 6.14. The van der Waals surface area contributed by atoms with Crippen molar-refractivity contribution in [3.8, 4) is 0 Å². The molecule has 1 aliphatic rings. The molecular formula is C13H22N4OS. The average molecular weight is 282 g/mol. The van der Waals surface area contributed by atoms with Gasteiger partial charge in [-0.05, 0) is 25.2 Å². The predicted molar refractivity (Wildman–Crippen MR) is 78.4 cm³/mol. The number of thiazole rings is 1. The number of nitrogens with zero attached hydrogens (tertiary/aromatic N) is 2. The van der Waals surface area contributed by atoms with Crippen molar-refractivity contribution in [3.63, 3.8) is 0 Å². The van der Waals surface area contributed by atoms with Gasteiger partial charge in [0, 0.05) is 13.1 Å². The number of nitrogens with two attached hydrogens (primary N) is 1. The first-order chi connectivity index (χ1) is 9.15. The van der Waals surface area contributed by atoms with Crippen LogP contribution in [0.25, 0.3) is 0 Å². The second kappa shape index (κ2) is 6.34. The summed E-state index contributed by atoms with van der Waals surface area (Å²) in [4.78, 5) is 19.4. The van der Waals surface area contributed by atoms with Crippen LogP contribution in [0.1, 0.15) is 48.5 Å². The maximum absolute atomic E-state index is 11.8. The smallest absolute Gasteiger partial charge is 0.277 e. The minimum absolute atomic E-state index is 0.224. The first-order valence-corrected chi connectivity index (χ1v) is 7.73. The van der Waals surface area contributed by atoms with Crippen molar-refractivity contribution in [2.24, 2.45) is 11.8 Å². The lowest BCUT2D eigenvalue weighted by Gasteiger charge is -2.29. The number of carbonyl (C=O) groups is 1. The summed E-state index contributed by atoms with van der Waals surface area (Å²) in [5, 5.41) is 0.967. The number of nitrogen functional groups attached to an aromatic ring is 1. The van der Waals surface area contributed by atoms with E-state index in [4.69, 9.17) is 5.84 Å². The van der Waals surface area contributed by atoms with Crippen LogP contribution in [0, 0.1) is 5.92 Å². The highest BCUT2D eigenvalue weighted by atomic mass is 32.1. The fourth-order valence-corrected chi connectivity index (χ4v) is 3.39. The van der Waals surface area contributed by atoms with E-state index in [-0.39, 0.29) is 5.91 Å². The minimum Gasteiger partial charge on any atom is -0.348 e. The van der Waals surface area contributed by atoms with E-state index in [1.807, 2.05) is 0 Å². The van der Waals surface area contributed by atoms with Crippen LogP contribution in [0.5, 0.6) is 0 Å². The molecule has 1 amide bonds. The lowest BCUT2D eigenvalue weighted by molar-refractivity contribution is 0.0956. The zero-order valence-corrected chi connectivity index (χ0v) is 12.4. The molecule has 1 aromatic rings. The number of anilines is 1. The minimum atomic E-state index is -0.224. The van der Waals surface area contributed by atoms with Crippen LogP contribution in [0.4, 0.5) is 5.13 Å². The summed E-state index contributed by atoms with van der Waals surface area (Å²) < 4.78 is 0. The highest BCUT2D eigenvalue weighted by Crippen LogP contribution is 2.30. The third-order valence-corrected chi connectivity index (χ3v) is 4.72. The van der Waals surface area contributed by atoms with Crippen molar-refractivity contribution in [1.29, 1.82) is 0 Å². The largest absolute Gasteiger partial charge is 0.348 e. The summed E-state index contributed by atoms with van der Waals surface area (Å²) in [7, 11) is 0. The zero-order valence-electron chi connectivity index (χ0n) is 11.6. The van der Waals surface area contributed by atoms with E-state index >= 15 is 0 Å². The Hall–Kier alpha value is -1.14. The fraction of sp³-hybridized carbons (Fsp3) is 0.692. The molecule has 3 N–H and O–H groups in total. The summed E-state index contributed by atoms with van der Waals surface area (Å²) >= 11 is 1.46. The molecule has 2 rings (SSSR count). The fourth-order valence-electron chi connectivity index (χ4n) is 2.32. The molecular weight excluding hydrogens is 260 g/mol. The quantitative estimate of drug-likeness (QED) is 0.503. The maximum atomic E-state index is 11.8. The molecule has 0 saturated carbocycles. The normalized spacial score (nSPS) is 16.7. The molecule has 0 radical (unpaired) electrons. The first kappa shape index (κ1) is 14.3. The van der Waals surface area contributed by atoms with Crippen LogP contribution in [-0.2, 0) is 6.42 Å². The van der Waals surface area contributed by atoms with Gasteiger partial charge in [-0.3, -0.25) is 10.2 Å². The summed E-state index contributed by atoms with van der Waals surface area (Å²) in [5.41, 5.74) is 3.10. The van der Waals surface area contributed by atoms with Crippen molar-refractivity contribution in [2.75, 3.05) is 18.0 Å². The van der Waals surface area contributed by atoms with Gasteiger partial charge in [0.25, 0.3) is 5.91 Å². The summed E-state index contributed by atoms with van der Waals surface area (Å²) in [6.45, 7) is 6.44. The van der Waals surface area contributed by atoms with Crippen molar-refractivity contribution in [3.05, 3.63) is 10.6 Å². The lowest BCUT2D eigenvalue weighted by atomic mass is 10.00. The molecule has 106 valence electrons. The Bertz CT molecular complexity index is 438. The number of hydrazine groups is 1. The van der Waals surface area contributed by atoms with Crippen LogP contribution < -0.4 is 16.2 Å². The maximum Gasteiger partial charge on any atom is 0.277 e. The molecule has 0 aliphatic carbocycles. The van der Waals surface area contributed by atoms with Gasteiger partial charge in [-0.25, -0.2) is 10.8 Å². The lowest BCUT2D eigenvalue weighted by Crippen LogP contribution is -2.32. The van der Waals surface area contributed by atoms with E-state index in [2.05, 4.69) is 29.2 Å². The van der Waals surface area contributed by atoms with Gasteiger partial charge in [-0.2, -0.15) is 0 Å².